The van der Waals surface area contributed by atoms with E-state index in [1.54, 1.807) is 0 Å². The maximum Gasteiger partial charge on any atom is 0.227 e. The molecule has 1 aromatic rings. The van der Waals surface area contributed by atoms with Crippen molar-refractivity contribution in [2.24, 2.45) is 5.92 Å². The summed E-state index contributed by atoms with van der Waals surface area (Å²) in [7, 11) is 0. The molecule has 0 saturated carbocycles. The first-order valence-corrected chi connectivity index (χ1v) is 7.31. The molecule has 4 nitrogen and oxygen atoms in total. The van der Waals surface area contributed by atoms with Gasteiger partial charge in [0.25, 0.3) is 0 Å². The van der Waals surface area contributed by atoms with Crippen molar-refractivity contribution < 1.29 is 9.59 Å². The topological polar surface area (TPSA) is 58.2 Å². The highest BCUT2D eigenvalue weighted by molar-refractivity contribution is 5.93. The molecule has 0 spiro atoms. The van der Waals surface area contributed by atoms with Gasteiger partial charge in [-0.1, -0.05) is 30.7 Å². The third kappa shape index (κ3) is 3.94. The van der Waals surface area contributed by atoms with Crippen LogP contribution in [0.3, 0.4) is 0 Å². The lowest BCUT2D eigenvalue weighted by Crippen LogP contribution is -2.23. The Hall–Kier alpha value is -2.10. The molecule has 1 aliphatic rings. The fourth-order valence-corrected chi connectivity index (χ4v) is 2.63. The highest BCUT2D eigenvalue weighted by Gasteiger charge is 2.25. The van der Waals surface area contributed by atoms with Crippen molar-refractivity contribution in [2.75, 3.05) is 5.32 Å². The van der Waals surface area contributed by atoms with Crippen molar-refractivity contribution in [1.29, 1.82) is 0 Å². The lowest BCUT2D eigenvalue weighted by atomic mass is 10.0. The van der Waals surface area contributed by atoms with Crippen LogP contribution < -0.4 is 10.6 Å². The number of amides is 2. The van der Waals surface area contributed by atoms with E-state index in [4.69, 9.17) is 0 Å². The average Bonchev–Trinajstić information content (AvgIpc) is 2.85. The summed E-state index contributed by atoms with van der Waals surface area (Å²) in [5.74, 6) is -0.0692. The second-order valence-electron chi connectivity index (χ2n) is 5.80. The number of carbonyl (C=O) groups is 2. The van der Waals surface area contributed by atoms with Gasteiger partial charge in [0.15, 0.2) is 0 Å². The maximum atomic E-state index is 12.2. The van der Waals surface area contributed by atoms with E-state index in [-0.39, 0.29) is 23.8 Å². The summed E-state index contributed by atoms with van der Waals surface area (Å²) < 4.78 is 0. The van der Waals surface area contributed by atoms with Gasteiger partial charge in [-0.2, -0.15) is 0 Å². The molecular formula is C17H22N2O2. The number of carbonyl (C=O) groups excluding carboxylic acids is 2. The van der Waals surface area contributed by atoms with E-state index in [0.29, 0.717) is 12.8 Å². The van der Waals surface area contributed by atoms with Crippen LogP contribution in [0.1, 0.15) is 44.7 Å². The summed E-state index contributed by atoms with van der Waals surface area (Å²) in [6, 6.07) is 7.64. The predicted molar refractivity (Wildman–Crippen MR) is 83.8 cm³/mol. The van der Waals surface area contributed by atoms with Gasteiger partial charge in [0.05, 0.1) is 6.04 Å². The van der Waals surface area contributed by atoms with Crippen LogP contribution in [0.15, 0.2) is 36.4 Å². The Morgan fingerprint density at radius 2 is 2.19 bits per heavy atom. The van der Waals surface area contributed by atoms with Gasteiger partial charge in [-0.25, -0.2) is 0 Å². The summed E-state index contributed by atoms with van der Waals surface area (Å²) >= 11 is 0. The third-order valence-corrected chi connectivity index (χ3v) is 3.69. The molecule has 0 aromatic heterocycles. The van der Waals surface area contributed by atoms with E-state index in [1.165, 1.54) is 0 Å². The smallest absolute Gasteiger partial charge is 0.227 e. The molecule has 0 radical (unpaired) electrons. The maximum absolute atomic E-state index is 12.2. The SMILES string of the molecule is C=C(C)CC(C)C(=O)Nc1ccccc1C1CCC(=O)N1. The second-order valence-corrected chi connectivity index (χ2v) is 5.80. The zero-order valence-corrected chi connectivity index (χ0v) is 12.6. The van der Waals surface area contributed by atoms with Gasteiger partial charge in [-0.3, -0.25) is 9.59 Å². The quantitative estimate of drug-likeness (QED) is 0.817. The first-order valence-electron chi connectivity index (χ1n) is 7.31. The number of nitrogens with one attached hydrogen (secondary N) is 2. The minimum Gasteiger partial charge on any atom is -0.349 e. The van der Waals surface area contributed by atoms with Gasteiger partial charge in [-0.05, 0) is 31.4 Å². The van der Waals surface area contributed by atoms with Crippen LogP contribution in [0.5, 0.6) is 0 Å². The summed E-state index contributed by atoms with van der Waals surface area (Å²) in [6.45, 7) is 7.66. The van der Waals surface area contributed by atoms with E-state index in [0.717, 1.165) is 23.2 Å². The summed E-state index contributed by atoms with van der Waals surface area (Å²) in [5.41, 5.74) is 2.75. The minimum atomic E-state index is -0.117. The molecule has 0 bridgehead atoms. The minimum absolute atomic E-state index is 0.00885. The van der Waals surface area contributed by atoms with Crippen molar-refractivity contribution in [2.45, 2.75) is 39.2 Å². The molecule has 1 aliphatic heterocycles. The lowest BCUT2D eigenvalue weighted by Gasteiger charge is -2.18. The molecule has 2 atom stereocenters. The van der Waals surface area contributed by atoms with Crippen LogP contribution >= 0.6 is 0 Å². The molecule has 1 fully saturated rings. The molecule has 1 aromatic carbocycles. The van der Waals surface area contributed by atoms with Gasteiger partial charge in [-0.15, -0.1) is 6.58 Å². The first kappa shape index (κ1) is 15.3. The van der Waals surface area contributed by atoms with Crippen LogP contribution in [-0.2, 0) is 9.59 Å². The van der Waals surface area contributed by atoms with Crippen LogP contribution in [-0.4, -0.2) is 11.8 Å². The number of hydrogen-bond acceptors (Lipinski definition) is 2. The number of para-hydroxylation sites is 1. The normalized spacial score (nSPS) is 19.0. The Bertz CT molecular complexity index is 566. The fourth-order valence-electron chi connectivity index (χ4n) is 2.63. The zero-order chi connectivity index (χ0) is 15.4. The van der Waals surface area contributed by atoms with Gasteiger partial charge in [0.1, 0.15) is 0 Å². The molecule has 1 heterocycles. The third-order valence-electron chi connectivity index (χ3n) is 3.69. The average molecular weight is 286 g/mol. The van der Waals surface area contributed by atoms with Crippen molar-refractivity contribution in [1.82, 2.24) is 5.32 Å². The second kappa shape index (κ2) is 6.57. The predicted octanol–water partition coefficient (Wildman–Crippen LogP) is 3.18. The van der Waals surface area contributed by atoms with Crippen molar-refractivity contribution in [3.8, 4) is 0 Å². The number of hydrogen-bond donors (Lipinski definition) is 2. The zero-order valence-electron chi connectivity index (χ0n) is 12.6. The molecule has 21 heavy (non-hydrogen) atoms. The van der Waals surface area contributed by atoms with E-state index < -0.39 is 0 Å². The molecule has 2 unspecified atom stereocenters. The van der Waals surface area contributed by atoms with E-state index in [9.17, 15) is 9.59 Å². The number of allylic oxidation sites excluding steroid dienone is 1. The monoisotopic (exact) mass is 286 g/mol. The Morgan fingerprint density at radius 1 is 1.48 bits per heavy atom. The van der Waals surface area contributed by atoms with Crippen molar-refractivity contribution >= 4 is 17.5 Å². The van der Waals surface area contributed by atoms with E-state index in [1.807, 2.05) is 38.1 Å². The molecule has 4 heteroatoms. The van der Waals surface area contributed by atoms with Crippen LogP contribution in [0.4, 0.5) is 5.69 Å². The highest BCUT2D eigenvalue weighted by Crippen LogP contribution is 2.30. The van der Waals surface area contributed by atoms with Gasteiger partial charge in [0, 0.05) is 18.0 Å². The number of benzene rings is 1. The van der Waals surface area contributed by atoms with Crippen LogP contribution in [0.2, 0.25) is 0 Å². The van der Waals surface area contributed by atoms with Gasteiger partial charge >= 0.3 is 0 Å². The summed E-state index contributed by atoms with van der Waals surface area (Å²) in [4.78, 5) is 23.6. The molecule has 0 aliphatic carbocycles. The van der Waals surface area contributed by atoms with E-state index in [2.05, 4.69) is 17.2 Å². The molecule has 112 valence electrons. The number of anilines is 1. The molecule has 1 saturated heterocycles. The van der Waals surface area contributed by atoms with Crippen LogP contribution in [0, 0.1) is 5.92 Å². The summed E-state index contributed by atoms with van der Waals surface area (Å²) in [6.07, 6.45) is 1.99. The largest absolute Gasteiger partial charge is 0.349 e. The number of rotatable bonds is 5. The lowest BCUT2D eigenvalue weighted by molar-refractivity contribution is -0.120. The Morgan fingerprint density at radius 3 is 2.81 bits per heavy atom. The molecule has 2 rings (SSSR count). The van der Waals surface area contributed by atoms with E-state index >= 15 is 0 Å². The molecule has 2 amide bonds. The van der Waals surface area contributed by atoms with Crippen molar-refractivity contribution in [3.63, 3.8) is 0 Å². The van der Waals surface area contributed by atoms with Gasteiger partial charge in [0.2, 0.25) is 11.8 Å². The fraction of sp³-hybridized carbons (Fsp3) is 0.412. The Labute approximate surface area is 125 Å². The highest BCUT2D eigenvalue weighted by atomic mass is 16.2. The van der Waals surface area contributed by atoms with Gasteiger partial charge < -0.3 is 10.6 Å². The first-order chi connectivity index (χ1) is 9.97. The Kier molecular flexibility index (Phi) is 4.78. The summed E-state index contributed by atoms with van der Waals surface area (Å²) in [5, 5.41) is 5.92. The van der Waals surface area contributed by atoms with Crippen molar-refractivity contribution in [3.05, 3.63) is 42.0 Å². The van der Waals surface area contributed by atoms with Crippen LogP contribution in [0.25, 0.3) is 0 Å². The standard InChI is InChI=1S/C17H22N2O2/c1-11(2)10-12(3)17(21)19-14-7-5-4-6-13(14)15-8-9-16(20)18-15/h4-7,12,15H,1,8-10H2,2-3H3,(H,18,20)(H,19,21). The Balaban J connectivity index is 2.11. The molecular weight excluding hydrogens is 264 g/mol. The molecule has 2 N–H and O–H groups in total.